The predicted octanol–water partition coefficient (Wildman–Crippen LogP) is 3.59. The van der Waals surface area contributed by atoms with Crippen LogP contribution in [0, 0.1) is 10.1 Å². The van der Waals surface area contributed by atoms with Crippen LogP contribution >= 0.6 is 0 Å². The van der Waals surface area contributed by atoms with Gasteiger partial charge in [0, 0.05) is 24.2 Å². The zero-order valence-electron chi connectivity index (χ0n) is 15.2. The lowest BCUT2D eigenvalue weighted by Gasteiger charge is -2.34. The number of nitrogens with zero attached hydrogens (tertiary/aromatic N) is 2. The van der Waals surface area contributed by atoms with E-state index in [0.717, 1.165) is 5.56 Å². The average Bonchev–Trinajstić information content (AvgIpc) is 2.59. The van der Waals surface area contributed by atoms with Gasteiger partial charge < -0.3 is 4.74 Å². The van der Waals surface area contributed by atoms with Gasteiger partial charge in [-0.2, -0.15) is 4.31 Å². The Bertz CT molecular complexity index is 869. The van der Waals surface area contributed by atoms with E-state index in [0.29, 0.717) is 5.75 Å². The fraction of sp³-hybridized carbons (Fsp3) is 0.333. The van der Waals surface area contributed by atoms with Crippen molar-refractivity contribution in [2.45, 2.75) is 37.8 Å². The number of benzene rings is 2. The number of rotatable bonds is 6. The third kappa shape index (κ3) is 4.39. The summed E-state index contributed by atoms with van der Waals surface area (Å²) < 4.78 is 32.7. The van der Waals surface area contributed by atoms with Gasteiger partial charge in [0.2, 0.25) is 10.0 Å². The van der Waals surface area contributed by atoms with Gasteiger partial charge in [-0.15, -0.1) is 0 Å². The summed E-state index contributed by atoms with van der Waals surface area (Å²) in [4.78, 5) is 10.2. The number of hydrogen-bond acceptors (Lipinski definition) is 5. The van der Waals surface area contributed by atoms with E-state index in [-0.39, 0.29) is 17.1 Å². The first kappa shape index (κ1) is 19.9. The summed E-state index contributed by atoms with van der Waals surface area (Å²) in [5.41, 5.74) is -0.0202. The number of sulfonamides is 1. The van der Waals surface area contributed by atoms with E-state index in [1.807, 2.05) is 12.1 Å². The standard InChI is InChI=1S/C18H22N2O5S/c1-18(2,3)19(13-14-5-9-16(25-4)10-6-14)26(23,24)17-11-7-15(8-12-17)20(21)22/h5-12H,13H2,1-4H3. The highest BCUT2D eigenvalue weighted by atomic mass is 32.2. The second-order valence-corrected chi connectivity index (χ2v) is 8.64. The van der Waals surface area contributed by atoms with Crippen molar-refractivity contribution < 1.29 is 18.1 Å². The fourth-order valence-corrected chi connectivity index (χ4v) is 4.22. The molecule has 2 rings (SSSR count). The Morgan fingerprint density at radius 2 is 1.58 bits per heavy atom. The van der Waals surface area contributed by atoms with Gasteiger partial charge in [-0.05, 0) is 50.6 Å². The highest BCUT2D eigenvalue weighted by Gasteiger charge is 2.34. The molecule has 26 heavy (non-hydrogen) atoms. The Balaban J connectivity index is 2.39. The summed E-state index contributed by atoms with van der Waals surface area (Å²) in [6.07, 6.45) is 0. The molecule has 0 bridgehead atoms. The van der Waals surface area contributed by atoms with Gasteiger partial charge in [0.05, 0.1) is 16.9 Å². The Hall–Kier alpha value is -2.45. The van der Waals surface area contributed by atoms with E-state index in [4.69, 9.17) is 4.74 Å². The summed E-state index contributed by atoms with van der Waals surface area (Å²) in [5, 5.41) is 10.8. The molecule has 0 saturated carbocycles. The lowest BCUT2D eigenvalue weighted by atomic mass is 10.1. The maximum absolute atomic E-state index is 13.1. The molecule has 0 atom stereocenters. The van der Waals surface area contributed by atoms with E-state index in [9.17, 15) is 18.5 Å². The first-order valence-electron chi connectivity index (χ1n) is 7.96. The molecule has 0 unspecified atom stereocenters. The Labute approximate surface area is 153 Å². The molecule has 0 spiro atoms. The molecular formula is C18H22N2O5S. The molecule has 2 aromatic carbocycles. The van der Waals surface area contributed by atoms with Gasteiger partial charge >= 0.3 is 0 Å². The molecule has 0 heterocycles. The summed E-state index contributed by atoms with van der Waals surface area (Å²) in [7, 11) is -2.27. The molecular weight excluding hydrogens is 356 g/mol. The van der Waals surface area contributed by atoms with Gasteiger partial charge in [0.25, 0.3) is 5.69 Å². The molecule has 0 fully saturated rings. The first-order chi connectivity index (χ1) is 12.1. The van der Waals surface area contributed by atoms with Crippen LogP contribution in [0.1, 0.15) is 26.3 Å². The smallest absolute Gasteiger partial charge is 0.269 e. The third-order valence-electron chi connectivity index (χ3n) is 3.87. The van der Waals surface area contributed by atoms with Crippen molar-refractivity contribution in [3.63, 3.8) is 0 Å². The van der Waals surface area contributed by atoms with Crippen molar-refractivity contribution in [1.29, 1.82) is 0 Å². The van der Waals surface area contributed by atoms with Crippen molar-refractivity contribution in [2.24, 2.45) is 0 Å². The van der Waals surface area contributed by atoms with E-state index in [2.05, 4.69) is 0 Å². The number of non-ortho nitro benzene ring substituents is 1. The van der Waals surface area contributed by atoms with Crippen molar-refractivity contribution in [1.82, 2.24) is 4.31 Å². The fourth-order valence-electron chi connectivity index (χ4n) is 2.45. The Morgan fingerprint density at radius 3 is 2.00 bits per heavy atom. The second kappa shape index (κ2) is 7.43. The number of nitro groups is 1. The van der Waals surface area contributed by atoms with Gasteiger partial charge in [-0.25, -0.2) is 8.42 Å². The molecule has 7 nitrogen and oxygen atoms in total. The number of hydrogen-bond donors (Lipinski definition) is 0. The highest BCUT2D eigenvalue weighted by molar-refractivity contribution is 7.89. The predicted molar refractivity (Wildman–Crippen MR) is 98.6 cm³/mol. The maximum atomic E-state index is 13.1. The summed E-state index contributed by atoms with van der Waals surface area (Å²) in [5.74, 6) is 0.689. The molecule has 140 valence electrons. The third-order valence-corrected chi connectivity index (χ3v) is 5.99. The minimum absolute atomic E-state index is 0.0199. The summed E-state index contributed by atoms with van der Waals surface area (Å²) in [6, 6.07) is 12.1. The molecule has 0 aromatic heterocycles. The van der Waals surface area contributed by atoms with E-state index in [1.54, 1.807) is 40.0 Å². The molecule has 0 N–H and O–H groups in total. The van der Waals surface area contributed by atoms with Crippen LogP contribution in [0.25, 0.3) is 0 Å². The quantitative estimate of drug-likeness (QED) is 0.566. The zero-order chi connectivity index (χ0) is 19.5. The van der Waals surface area contributed by atoms with Gasteiger partial charge in [-0.1, -0.05) is 12.1 Å². The molecule has 0 aliphatic heterocycles. The number of ether oxygens (including phenoxy) is 1. The van der Waals surface area contributed by atoms with Crippen LogP contribution in [0.3, 0.4) is 0 Å². The molecule has 0 saturated heterocycles. The topological polar surface area (TPSA) is 89.8 Å². The van der Waals surface area contributed by atoms with Crippen LogP contribution in [-0.2, 0) is 16.6 Å². The minimum atomic E-state index is -3.84. The van der Waals surface area contributed by atoms with Crippen molar-refractivity contribution in [3.05, 3.63) is 64.2 Å². The van der Waals surface area contributed by atoms with Gasteiger partial charge in [0.15, 0.2) is 0 Å². The van der Waals surface area contributed by atoms with E-state index < -0.39 is 20.5 Å². The monoisotopic (exact) mass is 378 g/mol. The molecule has 0 aliphatic carbocycles. The van der Waals surface area contributed by atoms with Gasteiger partial charge in [-0.3, -0.25) is 10.1 Å². The normalized spacial score (nSPS) is 12.2. The highest BCUT2D eigenvalue weighted by Crippen LogP contribution is 2.28. The number of nitro benzene ring substituents is 1. The van der Waals surface area contributed by atoms with Crippen molar-refractivity contribution >= 4 is 15.7 Å². The largest absolute Gasteiger partial charge is 0.497 e. The Morgan fingerprint density at radius 1 is 1.04 bits per heavy atom. The van der Waals surface area contributed by atoms with Gasteiger partial charge in [0.1, 0.15) is 5.75 Å². The molecule has 8 heteroatoms. The van der Waals surface area contributed by atoms with Crippen LogP contribution in [0.5, 0.6) is 5.75 Å². The Kier molecular flexibility index (Phi) is 5.68. The summed E-state index contributed by atoms with van der Waals surface area (Å²) >= 11 is 0. The average molecular weight is 378 g/mol. The van der Waals surface area contributed by atoms with E-state index >= 15 is 0 Å². The molecule has 2 aromatic rings. The number of methoxy groups -OCH3 is 1. The second-order valence-electron chi connectivity index (χ2n) is 6.78. The first-order valence-corrected chi connectivity index (χ1v) is 9.40. The van der Waals surface area contributed by atoms with Crippen LogP contribution in [0.4, 0.5) is 5.69 Å². The molecule has 0 aliphatic rings. The maximum Gasteiger partial charge on any atom is 0.269 e. The minimum Gasteiger partial charge on any atom is -0.497 e. The zero-order valence-corrected chi connectivity index (χ0v) is 16.0. The summed E-state index contributed by atoms with van der Waals surface area (Å²) in [6.45, 7) is 5.59. The van der Waals surface area contributed by atoms with Crippen molar-refractivity contribution in [3.8, 4) is 5.75 Å². The molecule has 0 amide bonds. The SMILES string of the molecule is COc1ccc(CN(C(C)(C)C)S(=O)(=O)c2ccc([N+](=O)[O-])cc2)cc1. The lowest BCUT2D eigenvalue weighted by Crippen LogP contribution is -2.44. The van der Waals surface area contributed by atoms with Crippen LogP contribution in [0.15, 0.2) is 53.4 Å². The van der Waals surface area contributed by atoms with Crippen LogP contribution < -0.4 is 4.74 Å². The van der Waals surface area contributed by atoms with Crippen molar-refractivity contribution in [2.75, 3.05) is 7.11 Å². The van der Waals surface area contributed by atoms with Crippen LogP contribution in [-0.4, -0.2) is 30.3 Å². The van der Waals surface area contributed by atoms with Crippen LogP contribution in [0.2, 0.25) is 0 Å². The molecule has 0 radical (unpaired) electrons. The lowest BCUT2D eigenvalue weighted by molar-refractivity contribution is -0.384. The van der Waals surface area contributed by atoms with E-state index in [1.165, 1.54) is 28.6 Å².